The molecule has 0 radical (unpaired) electrons. The lowest BCUT2D eigenvalue weighted by Crippen LogP contribution is -2.45. The number of nitrogens with one attached hydrogen (secondary N) is 1. The minimum atomic E-state index is -3.76. The number of rotatable bonds is 5. The zero-order valence-electron chi connectivity index (χ0n) is 11.7. The summed E-state index contributed by atoms with van der Waals surface area (Å²) in [7, 11) is -3.76. The van der Waals surface area contributed by atoms with Crippen LogP contribution in [0.25, 0.3) is 0 Å². The topological polar surface area (TPSA) is 58.6 Å². The lowest BCUT2D eigenvalue weighted by Gasteiger charge is -2.29. The van der Waals surface area contributed by atoms with Gasteiger partial charge in [0.2, 0.25) is 10.0 Å². The summed E-state index contributed by atoms with van der Waals surface area (Å²) in [4.78, 5) is 2.02. The van der Waals surface area contributed by atoms with Crippen molar-refractivity contribution in [1.29, 1.82) is 0 Å². The Balaban J connectivity index is 2.02. The molecule has 8 heteroatoms. The molecule has 1 heterocycles. The molecule has 0 aliphatic carbocycles. The van der Waals surface area contributed by atoms with Crippen LogP contribution in [-0.2, 0) is 14.8 Å². The molecule has 0 spiro atoms. The predicted molar refractivity (Wildman–Crippen MR) is 78.5 cm³/mol. The minimum absolute atomic E-state index is 0.112. The number of hydrogen-bond acceptors (Lipinski definition) is 4. The van der Waals surface area contributed by atoms with Crippen LogP contribution < -0.4 is 4.72 Å². The summed E-state index contributed by atoms with van der Waals surface area (Å²) in [6.07, 6.45) is 0. The normalized spacial score (nSPS) is 18.6. The Hall–Kier alpha value is -0.730. The first-order valence-electron chi connectivity index (χ1n) is 6.66. The van der Waals surface area contributed by atoms with E-state index in [1.54, 1.807) is 6.92 Å². The Kier molecular flexibility index (Phi) is 5.56. The van der Waals surface area contributed by atoms with Crippen molar-refractivity contribution in [2.24, 2.45) is 0 Å². The van der Waals surface area contributed by atoms with Gasteiger partial charge in [-0.1, -0.05) is 11.6 Å². The number of ether oxygens (including phenoxy) is 1. The van der Waals surface area contributed by atoms with Gasteiger partial charge in [0.25, 0.3) is 0 Å². The van der Waals surface area contributed by atoms with Gasteiger partial charge < -0.3 is 4.74 Å². The van der Waals surface area contributed by atoms with E-state index in [-0.39, 0.29) is 16.0 Å². The second kappa shape index (κ2) is 7.02. The molecule has 1 atom stereocenters. The minimum Gasteiger partial charge on any atom is -0.379 e. The second-order valence-electron chi connectivity index (χ2n) is 5.01. The molecule has 2 rings (SSSR count). The molecular weight excluding hydrogens is 319 g/mol. The lowest BCUT2D eigenvalue weighted by atomic mass is 10.3. The van der Waals surface area contributed by atoms with Crippen molar-refractivity contribution in [3.05, 3.63) is 29.0 Å². The number of sulfonamides is 1. The molecule has 0 bridgehead atoms. The standard InChI is InChI=1S/C13H18ClFN2O3S/c1-10(9-17-4-6-20-7-5-17)16-21(18,19)13-3-2-11(15)8-12(13)14/h2-3,8,10,16H,4-7,9H2,1H3/t10-/m1/s1. The smallest absolute Gasteiger partial charge is 0.242 e. The van der Waals surface area contributed by atoms with Crippen LogP contribution in [0.15, 0.2) is 23.1 Å². The van der Waals surface area contributed by atoms with Gasteiger partial charge in [-0.2, -0.15) is 0 Å². The van der Waals surface area contributed by atoms with Crippen molar-refractivity contribution >= 4 is 21.6 Å². The number of benzene rings is 1. The molecule has 1 N–H and O–H groups in total. The molecular formula is C13H18ClFN2O3S. The number of morpholine rings is 1. The van der Waals surface area contributed by atoms with Gasteiger partial charge in [-0.15, -0.1) is 0 Å². The summed E-state index contributed by atoms with van der Waals surface area (Å²) in [6.45, 7) is 5.24. The highest BCUT2D eigenvalue weighted by atomic mass is 35.5. The highest BCUT2D eigenvalue weighted by Gasteiger charge is 2.22. The Morgan fingerprint density at radius 3 is 2.71 bits per heavy atom. The zero-order chi connectivity index (χ0) is 15.5. The maximum Gasteiger partial charge on any atom is 0.242 e. The molecule has 0 unspecified atom stereocenters. The van der Waals surface area contributed by atoms with E-state index >= 15 is 0 Å². The third-order valence-corrected chi connectivity index (χ3v) is 5.25. The summed E-state index contributed by atoms with van der Waals surface area (Å²) in [5, 5.41) is -0.124. The fourth-order valence-corrected chi connectivity index (χ4v) is 4.00. The molecule has 0 saturated carbocycles. The van der Waals surface area contributed by atoms with Gasteiger partial charge in [0.1, 0.15) is 10.7 Å². The van der Waals surface area contributed by atoms with Gasteiger partial charge in [-0.25, -0.2) is 17.5 Å². The molecule has 1 saturated heterocycles. The summed E-state index contributed by atoms with van der Waals surface area (Å²) in [5.74, 6) is -0.569. The predicted octanol–water partition coefficient (Wildman–Crippen LogP) is 1.48. The van der Waals surface area contributed by atoms with E-state index in [2.05, 4.69) is 9.62 Å². The van der Waals surface area contributed by atoms with Crippen LogP contribution >= 0.6 is 11.6 Å². The van der Waals surface area contributed by atoms with Crippen molar-refractivity contribution in [1.82, 2.24) is 9.62 Å². The van der Waals surface area contributed by atoms with Crippen LogP contribution in [0.3, 0.4) is 0 Å². The SMILES string of the molecule is C[C@H](CN1CCOCC1)NS(=O)(=O)c1ccc(F)cc1Cl. The Morgan fingerprint density at radius 2 is 2.10 bits per heavy atom. The van der Waals surface area contributed by atoms with E-state index < -0.39 is 15.8 Å². The highest BCUT2D eigenvalue weighted by Crippen LogP contribution is 2.22. The van der Waals surface area contributed by atoms with Crippen molar-refractivity contribution in [3.63, 3.8) is 0 Å². The molecule has 118 valence electrons. The molecule has 1 aliphatic heterocycles. The molecule has 1 aromatic rings. The van der Waals surface area contributed by atoms with Gasteiger partial charge in [-0.05, 0) is 25.1 Å². The lowest BCUT2D eigenvalue weighted by molar-refractivity contribution is 0.0354. The Bertz CT molecular complexity index is 591. The molecule has 1 aliphatic rings. The van der Waals surface area contributed by atoms with Crippen LogP contribution in [0.4, 0.5) is 4.39 Å². The summed E-state index contributed by atoms with van der Waals surface area (Å²) < 4.78 is 45.3. The van der Waals surface area contributed by atoms with Gasteiger partial charge in [-0.3, -0.25) is 4.90 Å². The fourth-order valence-electron chi connectivity index (χ4n) is 2.23. The zero-order valence-corrected chi connectivity index (χ0v) is 13.3. The Labute approximate surface area is 129 Å². The van der Waals surface area contributed by atoms with Gasteiger partial charge in [0.05, 0.1) is 18.2 Å². The monoisotopic (exact) mass is 336 g/mol. The van der Waals surface area contributed by atoms with E-state index in [9.17, 15) is 12.8 Å². The largest absolute Gasteiger partial charge is 0.379 e. The second-order valence-corrected chi connectivity index (χ2v) is 7.10. The van der Waals surface area contributed by atoms with Crippen LogP contribution in [0, 0.1) is 5.82 Å². The Morgan fingerprint density at radius 1 is 1.43 bits per heavy atom. The first-order chi connectivity index (χ1) is 9.88. The first kappa shape index (κ1) is 16.6. The number of halogens is 2. The molecule has 1 fully saturated rings. The fraction of sp³-hybridized carbons (Fsp3) is 0.538. The van der Waals surface area contributed by atoms with Crippen molar-refractivity contribution in [2.45, 2.75) is 17.9 Å². The summed E-state index contributed by atoms with van der Waals surface area (Å²) in [5.41, 5.74) is 0. The van der Waals surface area contributed by atoms with Crippen LogP contribution in [0.5, 0.6) is 0 Å². The van der Waals surface area contributed by atoms with E-state index in [0.29, 0.717) is 19.8 Å². The van der Waals surface area contributed by atoms with Crippen molar-refractivity contribution < 1.29 is 17.5 Å². The molecule has 0 amide bonds. The molecule has 5 nitrogen and oxygen atoms in total. The average molecular weight is 337 g/mol. The van der Waals surface area contributed by atoms with Crippen LogP contribution in [-0.4, -0.2) is 52.2 Å². The first-order valence-corrected chi connectivity index (χ1v) is 8.52. The number of hydrogen-bond donors (Lipinski definition) is 1. The van der Waals surface area contributed by atoms with E-state index in [1.807, 2.05) is 0 Å². The van der Waals surface area contributed by atoms with Crippen molar-refractivity contribution in [3.8, 4) is 0 Å². The van der Waals surface area contributed by atoms with E-state index in [0.717, 1.165) is 25.2 Å². The molecule has 0 aromatic heterocycles. The maximum atomic E-state index is 13.0. The molecule has 21 heavy (non-hydrogen) atoms. The highest BCUT2D eigenvalue weighted by molar-refractivity contribution is 7.89. The van der Waals surface area contributed by atoms with Crippen LogP contribution in [0.2, 0.25) is 5.02 Å². The van der Waals surface area contributed by atoms with Gasteiger partial charge in [0.15, 0.2) is 0 Å². The van der Waals surface area contributed by atoms with Crippen LogP contribution in [0.1, 0.15) is 6.92 Å². The summed E-state index contributed by atoms with van der Waals surface area (Å²) >= 11 is 5.80. The number of nitrogens with zero attached hydrogens (tertiary/aromatic N) is 1. The van der Waals surface area contributed by atoms with Gasteiger partial charge >= 0.3 is 0 Å². The van der Waals surface area contributed by atoms with Crippen molar-refractivity contribution in [2.75, 3.05) is 32.8 Å². The quantitative estimate of drug-likeness (QED) is 0.885. The third kappa shape index (κ3) is 4.62. The van der Waals surface area contributed by atoms with E-state index in [1.165, 1.54) is 6.07 Å². The third-order valence-electron chi connectivity index (χ3n) is 3.18. The molecule has 1 aromatic carbocycles. The average Bonchev–Trinajstić information content (AvgIpc) is 2.38. The maximum absolute atomic E-state index is 13.0. The summed E-state index contributed by atoms with van der Waals surface area (Å²) in [6, 6.07) is 2.95. The van der Waals surface area contributed by atoms with Gasteiger partial charge in [0, 0.05) is 25.7 Å². The van der Waals surface area contributed by atoms with E-state index in [4.69, 9.17) is 16.3 Å².